The first-order valence-electron chi connectivity index (χ1n) is 9.10. The van der Waals surface area contributed by atoms with Gasteiger partial charge in [0.15, 0.2) is 18.1 Å². The van der Waals surface area contributed by atoms with Crippen molar-refractivity contribution in [2.45, 2.75) is 19.0 Å². The maximum absolute atomic E-state index is 12.3. The number of aryl methyl sites for hydroxylation is 1. The van der Waals surface area contributed by atoms with Crippen LogP contribution in [0.25, 0.3) is 5.69 Å². The number of ether oxygens (including phenoxy) is 2. The first kappa shape index (κ1) is 21.2. The van der Waals surface area contributed by atoms with Crippen molar-refractivity contribution >= 4 is 11.6 Å². The van der Waals surface area contributed by atoms with Gasteiger partial charge in [-0.15, -0.1) is 0 Å². The third-order valence-electron chi connectivity index (χ3n) is 4.15. The van der Waals surface area contributed by atoms with Crippen LogP contribution in [-0.4, -0.2) is 35.6 Å². The van der Waals surface area contributed by atoms with Crippen LogP contribution in [0.15, 0.2) is 60.9 Å². The molecule has 1 amide bonds. The van der Waals surface area contributed by atoms with Gasteiger partial charge < -0.3 is 14.8 Å². The molecule has 1 aromatic heterocycles. The molecular weight excluding hydrogens is 399 g/mol. The van der Waals surface area contributed by atoms with Gasteiger partial charge in [0, 0.05) is 6.42 Å². The molecule has 0 atom stereocenters. The minimum atomic E-state index is -4.43. The molecule has 3 rings (SSSR count). The molecule has 158 valence electrons. The standard InChI is InChI=1S/C21H20F3N3O3/c1-29-19-11-15(7-9-18(19)30-14-21(22,23)24)8-10-20(28)26-16-12-25-27(13-16)17-5-3-2-4-6-17/h2-7,9,11-13H,8,10,14H2,1H3,(H,26,28). The first-order valence-corrected chi connectivity index (χ1v) is 9.10. The predicted molar refractivity (Wildman–Crippen MR) is 105 cm³/mol. The number of nitrogens with one attached hydrogen (secondary N) is 1. The van der Waals surface area contributed by atoms with Crippen LogP contribution >= 0.6 is 0 Å². The molecule has 3 aromatic rings. The van der Waals surface area contributed by atoms with Crippen molar-refractivity contribution in [1.82, 2.24) is 9.78 Å². The van der Waals surface area contributed by atoms with E-state index in [1.165, 1.54) is 13.2 Å². The molecule has 0 unspecified atom stereocenters. The van der Waals surface area contributed by atoms with Crippen LogP contribution in [0.5, 0.6) is 11.5 Å². The second kappa shape index (κ2) is 9.34. The highest BCUT2D eigenvalue weighted by atomic mass is 19.4. The number of halogens is 3. The van der Waals surface area contributed by atoms with Crippen LogP contribution in [0.4, 0.5) is 18.9 Å². The fraction of sp³-hybridized carbons (Fsp3) is 0.238. The minimum absolute atomic E-state index is 0.00338. The second-order valence-electron chi connectivity index (χ2n) is 6.45. The first-order chi connectivity index (χ1) is 14.3. The molecule has 6 nitrogen and oxygen atoms in total. The van der Waals surface area contributed by atoms with Gasteiger partial charge in [0.1, 0.15) is 0 Å². The largest absolute Gasteiger partial charge is 0.493 e. The third kappa shape index (κ3) is 6.00. The zero-order valence-electron chi connectivity index (χ0n) is 16.1. The Morgan fingerprint density at radius 3 is 2.60 bits per heavy atom. The predicted octanol–water partition coefficient (Wildman–Crippen LogP) is 4.39. The van der Waals surface area contributed by atoms with Gasteiger partial charge >= 0.3 is 6.18 Å². The Labute approximate surface area is 171 Å². The molecule has 0 bridgehead atoms. The summed E-state index contributed by atoms with van der Waals surface area (Å²) in [6.45, 7) is -1.40. The number of carbonyl (C=O) groups excluding carboxylic acids is 1. The lowest BCUT2D eigenvalue weighted by molar-refractivity contribution is -0.153. The van der Waals surface area contributed by atoms with Crippen molar-refractivity contribution < 1.29 is 27.4 Å². The monoisotopic (exact) mass is 419 g/mol. The molecule has 0 radical (unpaired) electrons. The molecule has 0 spiro atoms. The fourth-order valence-electron chi connectivity index (χ4n) is 2.74. The molecule has 2 aromatic carbocycles. The molecule has 0 saturated heterocycles. The van der Waals surface area contributed by atoms with E-state index in [4.69, 9.17) is 9.47 Å². The molecule has 0 saturated carbocycles. The quantitative estimate of drug-likeness (QED) is 0.588. The van der Waals surface area contributed by atoms with E-state index < -0.39 is 12.8 Å². The number of carbonyl (C=O) groups is 1. The van der Waals surface area contributed by atoms with Crippen molar-refractivity contribution in [3.05, 3.63) is 66.5 Å². The number of alkyl halides is 3. The zero-order chi connectivity index (χ0) is 21.6. The number of para-hydroxylation sites is 1. The Morgan fingerprint density at radius 2 is 1.90 bits per heavy atom. The van der Waals surface area contributed by atoms with Crippen molar-refractivity contribution in [1.29, 1.82) is 0 Å². The van der Waals surface area contributed by atoms with Crippen LogP contribution < -0.4 is 14.8 Å². The number of benzene rings is 2. The van der Waals surface area contributed by atoms with Crippen LogP contribution in [-0.2, 0) is 11.2 Å². The summed E-state index contributed by atoms with van der Waals surface area (Å²) in [5.41, 5.74) is 2.18. The van der Waals surface area contributed by atoms with E-state index in [1.54, 1.807) is 29.2 Å². The Morgan fingerprint density at radius 1 is 1.13 bits per heavy atom. The van der Waals surface area contributed by atoms with E-state index in [9.17, 15) is 18.0 Å². The van der Waals surface area contributed by atoms with E-state index in [0.29, 0.717) is 12.1 Å². The molecule has 1 heterocycles. The van der Waals surface area contributed by atoms with Gasteiger partial charge in [-0.3, -0.25) is 4.79 Å². The molecule has 0 aliphatic rings. The summed E-state index contributed by atoms with van der Waals surface area (Å²) in [6, 6.07) is 14.1. The van der Waals surface area contributed by atoms with Crippen LogP contribution in [0.1, 0.15) is 12.0 Å². The maximum Gasteiger partial charge on any atom is 0.422 e. The molecule has 1 N–H and O–H groups in total. The van der Waals surface area contributed by atoms with Crippen molar-refractivity contribution in [3.8, 4) is 17.2 Å². The van der Waals surface area contributed by atoms with E-state index in [0.717, 1.165) is 11.3 Å². The molecule has 0 aliphatic carbocycles. The Hall–Kier alpha value is -3.49. The molecule has 0 aliphatic heterocycles. The second-order valence-corrected chi connectivity index (χ2v) is 6.45. The van der Waals surface area contributed by atoms with Gasteiger partial charge in [-0.2, -0.15) is 18.3 Å². The highest BCUT2D eigenvalue weighted by Gasteiger charge is 2.29. The Kier molecular flexibility index (Phi) is 6.61. The number of amides is 1. The van der Waals surface area contributed by atoms with E-state index in [2.05, 4.69) is 10.4 Å². The summed E-state index contributed by atoms with van der Waals surface area (Å²) in [5, 5.41) is 6.99. The number of rotatable bonds is 8. The Bertz CT molecular complexity index is 988. The van der Waals surface area contributed by atoms with Gasteiger partial charge in [-0.1, -0.05) is 24.3 Å². The number of aromatic nitrogens is 2. The maximum atomic E-state index is 12.3. The number of hydrogen-bond acceptors (Lipinski definition) is 4. The molecule has 30 heavy (non-hydrogen) atoms. The normalized spacial score (nSPS) is 11.2. The van der Waals surface area contributed by atoms with E-state index >= 15 is 0 Å². The summed E-state index contributed by atoms with van der Waals surface area (Å²) in [6.07, 6.45) is -0.600. The van der Waals surface area contributed by atoms with Crippen molar-refractivity contribution in [3.63, 3.8) is 0 Å². The Balaban J connectivity index is 1.55. The highest BCUT2D eigenvalue weighted by Crippen LogP contribution is 2.30. The van der Waals surface area contributed by atoms with Gasteiger partial charge in [0.2, 0.25) is 5.91 Å². The minimum Gasteiger partial charge on any atom is -0.493 e. The van der Waals surface area contributed by atoms with E-state index in [-0.39, 0.29) is 23.8 Å². The average molecular weight is 419 g/mol. The van der Waals surface area contributed by atoms with Crippen LogP contribution in [0.3, 0.4) is 0 Å². The summed E-state index contributed by atoms with van der Waals surface area (Å²) in [5.74, 6) is -0.0309. The smallest absolute Gasteiger partial charge is 0.422 e. The fourth-order valence-corrected chi connectivity index (χ4v) is 2.74. The number of nitrogens with zero attached hydrogens (tertiary/aromatic N) is 2. The number of anilines is 1. The summed E-state index contributed by atoms with van der Waals surface area (Å²) in [7, 11) is 1.34. The van der Waals surface area contributed by atoms with Gasteiger partial charge in [0.05, 0.1) is 30.9 Å². The van der Waals surface area contributed by atoms with Crippen molar-refractivity contribution in [2.75, 3.05) is 19.0 Å². The topological polar surface area (TPSA) is 65.4 Å². The third-order valence-corrected chi connectivity index (χ3v) is 4.15. The lowest BCUT2D eigenvalue weighted by Gasteiger charge is -2.13. The number of methoxy groups -OCH3 is 1. The van der Waals surface area contributed by atoms with E-state index in [1.807, 2.05) is 30.3 Å². The van der Waals surface area contributed by atoms with Crippen molar-refractivity contribution in [2.24, 2.45) is 0 Å². The lowest BCUT2D eigenvalue weighted by atomic mass is 10.1. The lowest BCUT2D eigenvalue weighted by Crippen LogP contribution is -2.19. The molecule has 0 fully saturated rings. The number of hydrogen-bond donors (Lipinski definition) is 1. The summed E-state index contributed by atoms with van der Waals surface area (Å²) >= 11 is 0. The molecular formula is C21H20F3N3O3. The van der Waals surface area contributed by atoms with Crippen LogP contribution in [0.2, 0.25) is 0 Å². The molecule has 9 heteroatoms. The SMILES string of the molecule is COc1cc(CCC(=O)Nc2cnn(-c3ccccc3)c2)ccc1OCC(F)(F)F. The summed E-state index contributed by atoms with van der Waals surface area (Å²) in [4.78, 5) is 12.2. The van der Waals surface area contributed by atoms with Gasteiger partial charge in [-0.25, -0.2) is 4.68 Å². The zero-order valence-corrected chi connectivity index (χ0v) is 16.1. The average Bonchev–Trinajstić information content (AvgIpc) is 3.19. The van der Waals surface area contributed by atoms with Gasteiger partial charge in [0.25, 0.3) is 0 Å². The van der Waals surface area contributed by atoms with Crippen LogP contribution in [0, 0.1) is 0 Å². The van der Waals surface area contributed by atoms with Gasteiger partial charge in [-0.05, 0) is 36.2 Å². The summed E-state index contributed by atoms with van der Waals surface area (Å²) < 4.78 is 48.5. The highest BCUT2D eigenvalue weighted by molar-refractivity contribution is 5.90.